The zero-order chi connectivity index (χ0) is 13.8. The van der Waals surface area contributed by atoms with Crippen LogP contribution in [0.3, 0.4) is 0 Å². The minimum absolute atomic E-state index is 0.315. The van der Waals surface area contributed by atoms with Crippen molar-refractivity contribution in [3.63, 3.8) is 0 Å². The lowest BCUT2D eigenvalue weighted by atomic mass is 10.1. The van der Waals surface area contributed by atoms with Crippen molar-refractivity contribution in [2.45, 2.75) is 19.9 Å². The predicted octanol–water partition coefficient (Wildman–Crippen LogP) is 1.88. The molecule has 0 fully saturated rings. The van der Waals surface area contributed by atoms with Crippen LogP contribution in [0.25, 0.3) is 11.0 Å². The number of benzene rings is 1. The van der Waals surface area contributed by atoms with Crippen molar-refractivity contribution in [3.05, 3.63) is 35.6 Å². The molecule has 2 aromatic rings. The lowest BCUT2D eigenvalue weighted by molar-refractivity contribution is 0.0951. The SMILES string of the molecule is CCCN(C)Cc1oc2ccccc2c1C(=O)NN. The van der Waals surface area contributed by atoms with Gasteiger partial charge >= 0.3 is 0 Å². The number of hydrazine groups is 1. The van der Waals surface area contributed by atoms with Crippen molar-refractivity contribution in [3.8, 4) is 0 Å². The van der Waals surface area contributed by atoms with Crippen LogP contribution in [0.1, 0.15) is 29.5 Å². The minimum atomic E-state index is -0.315. The Bertz CT molecular complexity index is 577. The van der Waals surface area contributed by atoms with E-state index in [1.165, 1.54) is 0 Å². The molecule has 5 heteroatoms. The molecule has 1 amide bonds. The Morgan fingerprint density at radius 3 is 2.84 bits per heavy atom. The molecular weight excluding hydrogens is 242 g/mol. The van der Waals surface area contributed by atoms with Gasteiger partial charge in [-0.3, -0.25) is 15.1 Å². The number of hydrogen-bond acceptors (Lipinski definition) is 4. The van der Waals surface area contributed by atoms with Crippen LogP contribution >= 0.6 is 0 Å². The Morgan fingerprint density at radius 1 is 1.42 bits per heavy atom. The van der Waals surface area contributed by atoms with Crippen LogP contribution in [0.5, 0.6) is 0 Å². The number of rotatable bonds is 5. The van der Waals surface area contributed by atoms with Crippen molar-refractivity contribution in [2.24, 2.45) is 5.84 Å². The number of nitrogens with one attached hydrogen (secondary N) is 1. The summed E-state index contributed by atoms with van der Waals surface area (Å²) in [5.41, 5.74) is 3.43. The summed E-state index contributed by atoms with van der Waals surface area (Å²) in [4.78, 5) is 14.1. The Labute approximate surface area is 112 Å². The molecule has 102 valence electrons. The van der Waals surface area contributed by atoms with Gasteiger partial charge in [-0.2, -0.15) is 0 Å². The molecule has 0 saturated heterocycles. The minimum Gasteiger partial charge on any atom is -0.459 e. The third-order valence-corrected chi connectivity index (χ3v) is 3.05. The molecule has 2 rings (SSSR count). The van der Waals surface area contributed by atoms with E-state index in [4.69, 9.17) is 10.3 Å². The maximum absolute atomic E-state index is 11.9. The van der Waals surface area contributed by atoms with E-state index < -0.39 is 0 Å². The number of fused-ring (bicyclic) bond motifs is 1. The lowest BCUT2D eigenvalue weighted by Crippen LogP contribution is -2.31. The number of amides is 1. The van der Waals surface area contributed by atoms with Gasteiger partial charge < -0.3 is 4.42 Å². The number of carbonyl (C=O) groups excluding carboxylic acids is 1. The molecule has 1 heterocycles. The van der Waals surface area contributed by atoms with E-state index in [9.17, 15) is 4.79 Å². The summed E-state index contributed by atoms with van der Waals surface area (Å²) < 4.78 is 5.78. The highest BCUT2D eigenvalue weighted by atomic mass is 16.3. The van der Waals surface area contributed by atoms with Gasteiger partial charge in [0.25, 0.3) is 5.91 Å². The molecule has 0 atom stereocenters. The number of nitrogens with zero attached hydrogens (tertiary/aromatic N) is 1. The number of furan rings is 1. The van der Waals surface area contributed by atoms with E-state index >= 15 is 0 Å². The number of nitrogen functional groups attached to an aromatic ring is 1. The molecule has 0 saturated carbocycles. The lowest BCUT2D eigenvalue weighted by Gasteiger charge is -2.14. The molecule has 0 aliphatic rings. The van der Waals surface area contributed by atoms with Crippen LogP contribution in [0.4, 0.5) is 0 Å². The summed E-state index contributed by atoms with van der Waals surface area (Å²) in [5.74, 6) is 5.60. The molecule has 1 aromatic carbocycles. The Balaban J connectivity index is 2.44. The van der Waals surface area contributed by atoms with Gasteiger partial charge in [-0.15, -0.1) is 0 Å². The highest BCUT2D eigenvalue weighted by molar-refractivity contribution is 6.07. The summed E-state index contributed by atoms with van der Waals surface area (Å²) >= 11 is 0. The summed E-state index contributed by atoms with van der Waals surface area (Å²) in [6.45, 7) is 3.65. The maximum atomic E-state index is 11.9. The van der Waals surface area contributed by atoms with Crippen LogP contribution in [-0.2, 0) is 6.54 Å². The van der Waals surface area contributed by atoms with Crippen LogP contribution in [0.15, 0.2) is 28.7 Å². The first-order valence-electron chi connectivity index (χ1n) is 6.37. The van der Waals surface area contributed by atoms with Gasteiger partial charge in [-0.1, -0.05) is 25.1 Å². The standard InChI is InChI=1S/C14H19N3O2/c1-3-8-17(2)9-12-13(14(18)16-15)10-6-4-5-7-11(10)19-12/h4-7H,3,8-9,15H2,1-2H3,(H,16,18). The van der Waals surface area contributed by atoms with Crippen LogP contribution < -0.4 is 11.3 Å². The second-order valence-electron chi connectivity index (χ2n) is 4.61. The van der Waals surface area contributed by atoms with E-state index in [0.717, 1.165) is 18.4 Å². The number of carbonyl (C=O) groups is 1. The van der Waals surface area contributed by atoms with E-state index in [1.54, 1.807) is 0 Å². The fourth-order valence-corrected chi connectivity index (χ4v) is 2.23. The third kappa shape index (κ3) is 2.77. The van der Waals surface area contributed by atoms with Gasteiger partial charge in [0.2, 0.25) is 0 Å². The summed E-state index contributed by atoms with van der Waals surface area (Å²) in [5, 5.41) is 0.797. The van der Waals surface area contributed by atoms with Gasteiger partial charge in [-0.25, -0.2) is 5.84 Å². The molecule has 5 nitrogen and oxygen atoms in total. The van der Waals surface area contributed by atoms with Crippen LogP contribution in [0.2, 0.25) is 0 Å². The molecule has 19 heavy (non-hydrogen) atoms. The Kier molecular flexibility index (Phi) is 4.19. The predicted molar refractivity (Wildman–Crippen MR) is 74.5 cm³/mol. The van der Waals surface area contributed by atoms with Crippen LogP contribution in [-0.4, -0.2) is 24.4 Å². The average molecular weight is 261 g/mol. The summed E-state index contributed by atoms with van der Waals surface area (Å²) in [6.07, 6.45) is 1.05. The van der Waals surface area contributed by atoms with Gasteiger partial charge in [0.1, 0.15) is 11.3 Å². The van der Waals surface area contributed by atoms with E-state index in [2.05, 4.69) is 17.2 Å². The fourth-order valence-electron chi connectivity index (χ4n) is 2.23. The summed E-state index contributed by atoms with van der Waals surface area (Å²) in [6, 6.07) is 7.48. The first kappa shape index (κ1) is 13.6. The fraction of sp³-hybridized carbons (Fsp3) is 0.357. The van der Waals surface area contributed by atoms with Crippen molar-refractivity contribution in [2.75, 3.05) is 13.6 Å². The van der Waals surface area contributed by atoms with Gasteiger partial charge in [0.05, 0.1) is 12.1 Å². The third-order valence-electron chi connectivity index (χ3n) is 3.05. The first-order chi connectivity index (χ1) is 9.17. The first-order valence-corrected chi connectivity index (χ1v) is 6.37. The number of para-hydroxylation sites is 1. The smallest absolute Gasteiger partial charge is 0.269 e. The average Bonchev–Trinajstić information content (AvgIpc) is 2.75. The Morgan fingerprint density at radius 2 is 2.16 bits per heavy atom. The molecule has 3 N–H and O–H groups in total. The van der Waals surface area contributed by atoms with Crippen molar-refractivity contribution < 1.29 is 9.21 Å². The van der Waals surface area contributed by atoms with Crippen molar-refractivity contribution >= 4 is 16.9 Å². The molecule has 0 spiro atoms. The van der Waals surface area contributed by atoms with Crippen molar-refractivity contribution in [1.82, 2.24) is 10.3 Å². The highest BCUT2D eigenvalue weighted by Gasteiger charge is 2.20. The monoisotopic (exact) mass is 261 g/mol. The second kappa shape index (κ2) is 5.86. The normalized spacial score (nSPS) is 11.2. The molecule has 0 unspecified atom stereocenters. The molecule has 0 bridgehead atoms. The van der Waals surface area contributed by atoms with Crippen LogP contribution in [0, 0.1) is 0 Å². The van der Waals surface area contributed by atoms with E-state index in [-0.39, 0.29) is 5.91 Å². The molecule has 0 aliphatic heterocycles. The quantitative estimate of drug-likeness (QED) is 0.490. The number of hydrogen-bond donors (Lipinski definition) is 2. The molecule has 0 radical (unpaired) electrons. The maximum Gasteiger partial charge on any atom is 0.269 e. The Hall–Kier alpha value is -1.85. The highest BCUT2D eigenvalue weighted by Crippen LogP contribution is 2.26. The molecule has 0 aliphatic carbocycles. The van der Waals surface area contributed by atoms with Gasteiger partial charge in [-0.05, 0) is 26.1 Å². The summed E-state index contributed by atoms with van der Waals surface area (Å²) in [7, 11) is 2.00. The molecule has 1 aromatic heterocycles. The topological polar surface area (TPSA) is 71.5 Å². The molecular formula is C14H19N3O2. The number of nitrogens with two attached hydrogens (primary N) is 1. The largest absolute Gasteiger partial charge is 0.459 e. The zero-order valence-corrected chi connectivity index (χ0v) is 11.3. The second-order valence-corrected chi connectivity index (χ2v) is 4.61. The van der Waals surface area contributed by atoms with E-state index in [1.807, 2.05) is 31.3 Å². The van der Waals surface area contributed by atoms with E-state index in [0.29, 0.717) is 23.5 Å². The van der Waals surface area contributed by atoms with Gasteiger partial charge in [0, 0.05) is 5.39 Å². The van der Waals surface area contributed by atoms with Crippen molar-refractivity contribution in [1.29, 1.82) is 0 Å². The zero-order valence-electron chi connectivity index (χ0n) is 11.3. The van der Waals surface area contributed by atoms with Gasteiger partial charge in [0.15, 0.2) is 0 Å².